The van der Waals surface area contributed by atoms with Crippen LogP contribution in [-0.4, -0.2) is 44.0 Å². The van der Waals surface area contributed by atoms with Gasteiger partial charge in [-0.25, -0.2) is 9.78 Å². The van der Waals surface area contributed by atoms with Crippen LogP contribution in [0, 0.1) is 6.92 Å². The van der Waals surface area contributed by atoms with E-state index in [-0.39, 0.29) is 11.6 Å². The number of halogens is 3. The second-order valence-corrected chi connectivity index (χ2v) is 7.14. The number of nitrogens with one attached hydrogen (secondary N) is 2. The van der Waals surface area contributed by atoms with Gasteiger partial charge in [-0.2, -0.15) is 23.3 Å². The summed E-state index contributed by atoms with van der Waals surface area (Å²) in [4.78, 5) is 18.7. The van der Waals surface area contributed by atoms with Crippen molar-refractivity contribution in [2.24, 2.45) is 0 Å². The number of carbonyl (C=O) groups excluding carboxylic acids is 1. The maximum absolute atomic E-state index is 13.8. The van der Waals surface area contributed by atoms with Crippen molar-refractivity contribution in [1.29, 1.82) is 0 Å². The van der Waals surface area contributed by atoms with Gasteiger partial charge in [0.05, 0.1) is 17.4 Å². The smallest absolute Gasteiger partial charge is 0.340 e. The van der Waals surface area contributed by atoms with Crippen molar-refractivity contribution in [1.82, 2.24) is 25.0 Å². The zero-order valence-electron chi connectivity index (χ0n) is 16.2. The lowest BCUT2D eigenvalue weighted by molar-refractivity contribution is -0.143. The van der Waals surface area contributed by atoms with Gasteiger partial charge in [0.2, 0.25) is 11.9 Å². The minimum atomic E-state index is -4.78. The third-order valence-electron chi connectivity index (χ3n) is 4.91. The highest BCUT2D eigenvalue weighted by Gasteiger charge is 2.40. The molecule has 1 aliphatic rings. The van der Waals surface area contributed by atoms with Crippen molar-refractivity contribution in [3.63, 3.8) is 0 Å². The molecule has 3 heterocycles. The molecule has 2 N–H and O–H groups in total. The molecule has 0 spiro atoms. The molecule has 30 heavy (non-hydrogen) atoms. The predicted octanol–water partition coefficient (Wildman–Crippen LogP) is 3.56. The summed E-state index contributed by atoms with van der Waals surface area (Å²) in [5, 5.41) is 12.8. The van der Waals surface area contributed by atoms with Crippen LogP contribution in [0.3, 0.4) is 0 Å². The number of hydrogen-bond donors (Lipinski definition) is 2. The summed E-state index contributed by atoms with van der Waals surface area (Å²) >= 11 is 0. The van der Waals surface area contributed by atoms with E-state index >= 15 is 0 Å². The van der Waals surface area contributed by atoms with E-state index < -0.39 is 23.3 Å². The number of benzene rings is 1. The van der Waals surface area contributed by atoms with Crippen LogP contribution < -0.4 is 10.2 Å². The molecule has 0 bridgehead atoms. The van der Waals surface area contributed by atoms with Gasteiger partial charge in [-0.1, -0.05) is 17.7 Å². The van der Waals surface area contributed by atoms with Crippen molar-refractivity contribution >= 4 is 17.8 Å². The standard InChI is InChI=1S/C19H20F3N7O/c1-12-5-7-13(8-6-12)29-15(19(20,21)22)14(11-23-29)16(30)24-17-25-18(27-26-17)28-9-3-2-4-10-28/h5-8,11H,2-4,9-10H2,1H3,(H2,24,25,26,27,30). The number of aromatic nitrogens is 5. The molecule has 3 aromatic rings. The lowest BCUT2D eigenvalue weighted by Gasteiger charge is -2.24. The zero-order valence-corrected chi connectivity index (χ0v) is 16.2. The van der Waals surface area contributed by atoms with Crippen LogP contribution in [0.25, 0.3) is 5.69 Å². The van der Waals surface area contributed by atoms with E-state index in [1.165, 1.54) is 12.1 Å². The predicted molar refractivity (Wildman–Crippen MR) is 104 cm³/mol. The molecular weight excluding hydrogens is 399 g/mol. The molecule has 0 atom stereocenters. The van der Waals surface area contributed by atoms with E-state index in [1.807, 2.05) is 11.8 Å². The molecule has 0 radical (unpaired) electrons. The molecule has 0 aliphatic carbocycles. The molecule has 158 valence electrons. The Morgan fingerprint density at radius 2 is 1.83 bits per heavy atom. The van der Waals surface area contributed by atoms with Crippen LogP contribution in [0.1, 0.15) is 40.9 Å². The first-order valence-corrected chi connectivity index (χ1v) is 9.54. The van der Waals surface area contributed by atoms with Gasteiger partial charge in [-0.05, 0) is 38.3 Å². The molecule has 1 fully saturated rings. The second kappa shape index (κ2) is 7.81. The van der Waals surface area contributed by atoms with Gasteiger partial charge < -0.3 is 4.90 Å². The lowest BCUT2D eigenvalue weighted by Crippen LogP contribution is -2.30. The topological polar surface area (TPSA) is 91.7 Å². The van der Waals surface area contributed by atoms with E-state index in [0.717, 1.165) is 44.1 Å². The molecule has 11 heteroatoms. The summed E-state index contributed by atoms with van der Waals surface area (Å²) < 4.78 is 42.0. The number of alkyl halides is 3. The first kappa shape index (κ1) is 19.9. The van der Waals surface area contributed by atoms with Gasteiger partial charge in [0, 0.05) is 13.1 Å². The van der Waals surface area contributed by atoms with Crippen molar-refractivity contribution < 1.29 is 18.0 Å². The monoisotopic (exact) mass is 419 g/mol. The quantitative estimate of drug-likeness (QED) is 0.675. The maximum Gasteiger partial charge on any atom is 0.434 e. The Morgan fingerprint density at radius 1 is 1.13 bits per heavy atom. The molecular formula is C19H20F3N7O. The Hall–Kier alpha value is -3.37. The number of piperidine rings is 1. The van der Waals surface area contributed by atoms with Crippen LogP contribution in [0.5, 0.6) is 0 Å². The number of amides is 1. The second-order valence-electron chi connectivity index (χ2n) is 7.14. The zero-order chi connectivity index (χ0) is 21.3. The van der Waals surface area contributed by atoms with Gasteiger partial charge in [-0.3, -0.25) is 10.1 Å². The number of rotatable bonds is 4. The average molecular weight is 419 g/mol. The Kier molecular flexibility index (Phi) is 5.18. The SMILES string of the molecule is Cc1ccc(-n2ncc(C(=O)Nc3nc(N4CCCCC4)n[nH]3)c2C(F)(F)F)cc1. The summed E-state index contributed by atoms with van der Waals surface area (Å²) in [7, 11) is 0. The fourth-order valence-corrected chi connectivity index (χ4v) is 3.39. The fourth-order valence-electron chi connectivity index (χ4n) is 3.39. The number of aromatic amines is 1. The van der Waals surface area contributed by atoms with Crippen LogP contribution in [0.15, 0.2) is 30.5 Å². The van der Waals surface area contributed by atoms with Gasteiger partial charge in [0.25, 0.3) is 5.91 Å². The molecule has 8 nitrogen and oxygen atoms in total. The molecule has 0 unspecified atom stereocenters. The molecule has 1 amide bonds. The number of nitrogens with zero attached hydrogens (tertiary/aromatic N) is 5. The lowest BCUT2D eigenvalue weighted by atomic mass is 10.1. The van der Waals surface area contributed by atoms with Gasteiger partial charge in [-0.15, -0.1) is 5.10 Å². The number of carbonyl (C=O) groups is 1. The molecule has 4 rings (SSSR count). The van der Waals surface area contributed by atoms with E-state index in [9.17, 15) is 18.0 Å². The molecule has 0 saturated carbocycles. The summed E-state index contributed by atoms with van der Waals surface area (Å²) in [5.74, 6) is -0.574. The molecule has 1 saturated heterocycles. The Morgan fingerprint density at radius 3 is 2.50 bits per heavy atom. The third kappa shape index (κ3) is 4.00. The number of hydrogen-bond acceptors (Lipinski definition) is 5. The minimum Gasteiger partial charge on any atom is -0.340 e. The highest BCUT2D eigenvalue weighted by atomic mass is 19.4. The van der Waals surface area contributed by atoms with E-state index in [2.05, 4.69) is 25.6 Å². The van der Waals surface area contributed by atoms with Crippen molar-refractivity contribution in [3.8, 4) is 5.69 Å². The first-order valence-electron chi connectivity index (χ1n) is 9.54. The van der Waals surface area contributed by atoms with E-state index in [0.29, 0.717) is 10.6 Å². The van der Waals surface area contributed by atoms with Crippen LogP contribution in [0.2, 0.25) is 0 Å². The Bertz CT molecular complexity index is 1030. The average Bonchev–Trinajstić information content (AvgIpc) is 3.36. The van der Waals surface area contributed by atoms with Crippen LogP contribution in [0.4, 0.5) is 25.1 Å². The summed E-state index contributed by atoms with van der Waals surface area (Å²) in [6.07, 6.45) is -0.711. The molecule has 1 aromatic carbocycles. The maximum atomic E-state index is 13.8. The largest absolute Gasteiger partial charge is 0.434 e. The highest BCUT2D eigenvalue weighted by molar-refractivity contribution is 6.04. The summed E-state index contributed by atoms with van der Waals surface area (Å²) in [6.45, 7) is 3.42. The van der Waals surface area contributed by atoms with Gasteiger partial charge in [0.15, 0.2) is 5.69 Å². The van der Waals surface area contributed by atoms with Crippen molar-refractivity contribution in [2.45, 2.75) is 32.4 Å². The third-order valence-corrected chi connectivity index (χ3v) is 4.91. The van der Waals surface area contributed by atoms with Crippen molar-refractivity contribution in [3.05, 3.63) is 47.3 Å². The number of H-pyrrole nitrogens is 1. The Labute approximate surface area is 170 Å². The van der Waals surface area contributed by atoms with Gasteiger partial charge >= 0.3 is 6.18 Å². The highest BCUT2D eigenvalue weighted by Crippen LogP contribution is 2.34. The number of anilines is 2. The van der Waals surface area contributed by atoms with Crippen LogP contribution in [-0.2, 0) is 6.18 Å². The van der Waals surface area contributed by atoms with Crippen molar-refractivity contribution in [2.75, 3.05) is 23.3 Å². The van der Waals surface area contributed by atoms with Crippen LogP contribution >= 0.6 is 0 Å². The minimum absolute atomic E-state index is 0.0169. The van der Waals surface area contributed by atoms with E-state index in [4.69, 9.17) is 0 Å². The molecule has 1 aliphatic heterocycles. The van der Waals surface area contributed by atoms with Gasteiger partial charge in [0.1, 0.15) is 0 Å². The summed E-state index contributed by atoms with van der Waals surface area (Å²) in [6, 6.07) is 6.38. The molecule has 2 aromatic heterocycles. The fraction of sp³-hybridized carbons (Fsp3) is 0.368. The Balaban J connectivity index is 1.60. The normalized spacial score (nSPS) is 14.7. The first-order chi connectivity index (χ1) is 14.3. The van der Waals surface area contributed by atoms with E-state index in [1.54, 1.807) is 12.1 Å². The number of aryl methyl sites for hydroxylation is 1. The summed E-state index contributed by atoms with van der Waals surface area (Å²) in [5.41, 5.74) is -0.648.